The monoisotopic (exact) mass is 443 g/mol. The quantitative estimate of drug-likeness (QED) is 0.576. The zero-order chi connectivity index (χ0) is 23.0. The van der Waals surface area contributed by atoms with E-state index in [1.807, 2.05) is 19.0 Å². The Bertz CT molecular complexity index is 680. The zero-order valence-corrected chi connectivity index (χ0v) is 19.0. The number of hydrogen-bond acceptors (Lipinski definition) is 4. The van der Waals surface area contributed by atoms with E-state index in [0.717, 1.165) is 32.1 Å². The fraction of sp³-hybridized carbons (Fsp3) is 0.682. The largest absolute Gasteiger partial charge is 0.416 e. The van der Waals surface area contributed by atoms with Crippen LogP contribution in [0.2, 0.25) is 0 Å². The van der Waals surface area contributed by atoms with Gasteiger partial charge >= 0.3 is 12.2 Å². The molecule has 0 spiro atoms. The molecule has 1 fully saturated rings. The van der Waals surface area contributed by atoms with Gasteiger partial charge in [0.25, 0.3) is 0 Å². The average Bonchev–Trinajstić information content (AvgIpc) is 2.71. The fourth-order valence-corrected chi connectivity index (χ4v) is 3.89. The number of halogens is 3. The Labute approximate surface area is 183 Å². The molecule has 2 rings (SSSR count). The molecule has 31 heavy (non-hydrogen) atoms. The second-order valence-corrected chi connectivity index (χ2v) is 8.64. The third kappa shape index (κ3) is 8.22. The average molecular weight is 444 g/mol. The van der Waals surface area contributed by atoms with Crippen LogP contribution in [0.15, 0.2) is 24.3 Å². The summed E-state index contributed by atoms with van der Waals surface area (Å²) in [7, 11) is 4.02. The van der Waals surface area contributed by atoms with Crippen molar-refractivity contribution < 1.29 is 18.0 Å². The van der Waals surface area contributed by atoms with Crippen LogP contribution in [0.4, 0.5) is 23.7 Å². The molecule has 0 aliphatic carbocycles. The van der Waals surface area contributed by atoms with Crippen molar-refractivity contribution in [3.05, 3.63) is 29.8 Å². The van der Waals surface area contributed by atoms with Crippen LogP contribution >= 0.6 is 0 Å². The highest BCUT2D eigenvalue weighted by Gasteiger charge is 2.31. The molecule has 1 aliphatic heterocycles. The molecule has 1 saturated heterocycles. The number of likely N-dealkylation sites (N-methyl/N-ethyl adjacent to an activating group) is 1. The van der Waals surface area contributed by atoms with Gasteiger partial charge in [0.2, 0.25) is 0 Å². The smallest absolute Gasteiger partial charge is 0.369 e. The Morgan fingerprint density at radius 3 is 2.39 bits per heavy atom. The molecule has 1 atom stereocenters. The van der Waals surface area contributed by atoms with Crippen molar-refractivity contribution in [2.24, 2.45) is 5.92 Å². The van der Waals surface area contributed by atoms with E-state index in [1.165, 1.54) is 12.1 Å². The molecule has 0 saturated carbocycles. The van der Waals surface area contributed by atoms with Gasteiger partial charge in [-0.05, 0) is 51.2 Å². The molecule has 0 aromatic heterocycles. The number of rotatable bonds is 9. The molecule has 2 amide bonds. The van der Waals surface area contributed by atoms with E-state index in [9.17, 15) is 18.0 Å². The molecule has 0 bridgehead atoms. The maximum atomic E-state index is 12.9. The van der Waals surface area contributed by atoms with Gasteiger partial charge in [-0.25, -0.2) is 4.79 Å². The lowest BCUT2D eigenvalue weighted by Crippen LogP contribution is -2.48. The summed E-state index contributed by atoms with van der Waals surface area (Å²) in [6.45, 7) is 9.29. The number of nitrogens with zero attached hydrogens (tertiary/aromatic N) is 3. The standard InChI is InChI=1S/C22H36F3N5O/c1-17(2)20(28(3)4)16-27-21(31)26-9-6-10-29-11-13-30(14-12-29)19-8-5-7-18(15-19)22(23,24)25/h5,7-8,15,17,20H,6,9-14,16H2,1-4H3,(H2,26,27,31)/t20-/m1/s1. The molecule has 0 unspecified atom stereocenters. The number of benzene rings is 1. The van der Waals surface area contributed by atoms with Gasteiger partial charge in [-0.15, -0.1) is 0 Å². The predicted octanol–water partition coefficient (Wildman–Crippen LogP) is 3.10. The normalized spacial score (nSPS) is 16.6. The SMILES string of the molecule is CC(C)[C@@H](CNC(=O)NCCCN1CCN(c2cccc(C(F)(F)F)c2)CC1)N(C)C. The fourth-order valence-electron chi connectivity index (χ4n) is 3.89. The number of carbonyl (C=O) groups excluding carboxylic acids is 1. The summed E-state index contributed by atoms with van der Waals surface area (Å²) in [5.41, 5.74) is 0.00677. The van der Waals surface area contributed by atoms with Gasteiger partial charge in [0.15, 0.2) is 0 Å². The second-order valence-electron chi connectivity index (χ2n) is 8.64. The van der Waals surface area contributed by atoms with E-state index in [4.69, 9.17) is 0 Å². The van der Waals surface area contributed by atoms with Crippen molar-refractivity contribution in [1.29, 1.82) is 0 Å². The van der Waals surface area contributed by atoms with E-state index in [2.05, 4.69) is 34.3 Å². The zero-order valence-electron chi connectivity index (χ0n) is 19.0. The Hall–Kier alpha value is -2.00. The summed E-state index contributed by atoms with van der Waals surface area (Å²) in [6.07, 6.45) is -3.49. The van der Waals surface area contributed by atoms with Gasteiger partial charge in [0, 0.05) is 51.0 Å². The van der Waals surface area contributed by atoms with Crippen molar-refractivity contribution in [2.45, 2.75) is 32.5 Å². The van der Waals surface area contributed by atoms with Crippen LogP contribution in [-0.2, 0) is 6.18 Å². The Morgan fingerprint density at radius 2 is 1.81 bits per heavy atom. The first-order valence-electron chi connectivity index (χ1n) is 10.9. The van der Waals surface area contributed by atoms with Crippen LogP contribution in [-0.4, -0.2) is 81.8 Å². The number of nitrogens with one attached hydrogen (secondary N) is 2. The molecule has 6 nitrogen and oxygen atoms in total. The van der Waals surface area contributed by atoms with Crippen LogP contribution in [0.3, 0.4) is 0 Å². The molecule has 9 heteroatoms. The first-order valence-corrected chi connectivity index (χ1v) is 10.9. The minimum absolute atomic E-state index is 0.151. The first-order chi connectivity index (χ1) is 14.6. The Balaban J connectivity index is 1.65. The number of carbonyl (C=O) groups is 1. The minimum Gasteiger partial charge on any atom is -0.369 e. The highest BCUT2D eigenvalue weighted by molar-refractivity contribution is 5.73. The summed E-state index contributed by atoms with van der Waals surface area (Å²) in [4.78, 5) is 18.4. The van der Waals surface area contributed by atoms with Gasteiger partial charge in [-0.3, -0.25) is 4.90 Å². The molecule has 1 aromatic carbocycles. The molecule has 1 aromatic rings. The molecular weight excluding hydrogens is 407 g/mol. The van der Waals surface area contributed by atoms with Crippen LogP contribution < -0.4 is 15.5 Å². The van der Waals surface area contributed by atoms with Crippen LogP contribution in [0.5, 0.6) is 0 Å². The van der Waals surface area contributed by atoms with E-state index in [-0.39, 0.29) is 6.03 Å². The molecular formula is C22H36F3N5O. The van der Waals surface area contributed by atoms with Gasteiger partial charge in [0.1, 0.15) is 0 Å². The van der Waals surface area contributed by atoms with Crippen LogP contribution in [0.25, 0.3) is 0 Å². The molecule has 0 radical (unpaired) electrons. The van der Waals surface area contributed by atoms with Crippen molar-refractivity contribution in [2.75, 3.05) is 64.8 Å². The van der Waals surface area contributed by atoms with E-state index >= 15 is 0 Å². The van der Waals surface area contributed by atoms with Crippen molar-refractivity contribution in [3.8, 4) is 0 Å². The summed E-state index contributed by atoms with van der Waals surface area (Å²) in [6, 6.07) is 5.65. The molecule has 1 heterocycles. The number of piperazine rings is 1. The Kier molecular flexibility index (Phi) is 9.43. The lowest BCUT2D eigenvalue weighted by atomic mass is 10.0. The lowest BCUT2D eigenvalue weighted by molar-refractivity contribution is -0.137. The summed E-state index contributed by atoms with van der Waals surface area (Å²) >= 11 is 0. The number of urea groups is 1. The summed E-state index contributed by atoms with van der Waals surface area (Å²) in [5.74, 6) is 0.449. The van der Waals surface area contributed by atoms with Crippen molar-refractivity contribution >= 4 is 11.7 Å². The minimum atomic E-state index is -4.32. The van der Waals surface area contributed by atoms with Crippen molar-refractivity contribution in [3.63, 3.8) is 0 Å². The van der Waals surface area contributed by atoms with Crippen LogP contribution in [0.1, 0.15) is 25.8 Å². The van der Waals surface area contributed by atoms with E-state index in [0.29, 0.717) is 43.8 Å². The molecule has 2 N–H and O–H groups in total. The number of anilines is 1. The number of amides is 2. The maximum Gasteiger partial charge on any atom is 0.416 e. The topological polar surface area (TPSA) is 50.9 Å². The Morgan fingerprint density at radius 1 is 1.13 bits per heavy atom. The number of alkyl halides is 3. The summed E-state index contributed by atoms with van der Waals surface area (Å²) in [5, 5.41) is 5.83. The van der Waals surface area contributed by atoms with Gasteiger partial charge in [0.05, 0.1) is 5.56 Å². The van der Waals surface area contributed by atoms with E-state index in [1.54, 1.807) is 6.07 Å². The first kappa shape index (κ1) is 25.3. The third-order valence-corrected chi connectivity index (χ3v) is 5.75. The van der Waals surface area contributed by atoms with Gasteiger partial charge in [-0.1, -0.05) is 19.9 Å². The molecule has 176 valence electrons. The van der Waals surface area contributed by atoms with Crippen molar-refractivity contribution in [1.82, 2.24) is 20.4 Å². The second kappa shape index (κ2) is 11.6. The van der Waals surface area contributed by atoms with E-state index < -0.39 is 11.7 Å². The predicted molar refractivity (Wildman–Crippen MR) is 118 cm³/mol. The highest BCUT2D eigenvalue weighted by atomic mass is 19.4. The van der Waals surface area contributed by atoms with Gasteiger partial charge < -0.3 is 20.4 Å². The summed E-state index contributed by atoms with van der Waals surface area (Å²) < 4.78 is 38.8. The number of hydrogen-bond donors (Lipinski definition) is 2. The third-order valence-electron chi connectivity index (χ3n) is 5.75. The highest BCUT2D eigenvalue weighted by Crippen LogP contribution is 2.31. The van der Waals surface area contributed by atoms with Crippen LogP contribution in [0, 0.1) is 5.92 Å². The lowest BCUT2D eigenvalue weighted by Gasteiger charge is -2.36. The molecule has 1 aliphatic rings. The van der Waals surface area contributed by atoms with Gasteiger partial charge in [-0.2, -0.15) is 13.2 Å². The maximum absolute atomic E-state index is 12.9.